The number of fused-ring (bicyclic) bond motifs is 1. The second kappa shape index (κ2) is 6.48. The molecule has 5 heteroatoms. The van der Waals surface area contributed by atoms with Gasteiger partial charge < -0.3 is 4.90 Å². The Bertz CT molecular complexity index is 934. The quantitative estimate of drug-likeness (QED) is 0.627. The van der Waals surface area contributed by atoms with Gasteiger partial charge in [-0.05, 0) is 47.7 Å². The van der Waals surface area contributed by atoms with Crippen molar-refractivity contribution in [3.63, 3.8) is 0 Å². The van der Waals surface area contributed by atoms with Crippen LogP contribution in [0.1, 0.15) is 22.3 Å². The van der Waals surface area contributed by atoms with Gasteiger partial charge in [-0.15, -0.1) is 0 Å². The standard InChI is InChI=1S/C21H17F3N2/c22-21(23,24)18-6-3-4-15(11-18)10-16-12-19(14-25-13-16)26-9-8-17-5-1-2-7-20(17)26/h1-7,11-14H,8-10H2. The van der Waals surface area contributed by atoms with Crippen molar-refractivity contribution in [2.24, 2.45) is 0 Å². The summed E-state index contributed by atoms with van der Waals surface area (Å²) < 4.78 is 38.7. The minimum absolute atomic E-state index is 0.417. The van der Waals surface area contributed by atoms with Gasteiger partial charge in [-0.2, -0.15) is 13.2 Å². The molecular formula is C21H17F3N2. The summed E-state index contributed by atoms with van der Waals surface area (Å²) in [4.78, 5) is 6.51. The lowest BCUT2D eigenvalue weighted by Crippen LogP contribution is -2.13. The smallest absolute Gasteiger partial charge is 0.340 e. The third-order valence-corrected chi connectivity index (χ3v) is 4.64. The van der Waals surface area contributed by atoms with Crippen molar-refractivity contribution < 1.29 is 13.2 Å². The van der Waals surface area contributed by atoms with E-state index in [1.54, 1.807) is 18.5 Å². The van der Waals surface area contributed by atoms with Crippen molar-refractivity contribution in [2.75, 3.05) is 11.4 Å². The fourth-order valence-corrected chi connectivity index (χ4v) is 3.42. The highest BCUT2D eigenvalue weighted by Crippen LogP contribution is 2.34. The number of hydrogen-bond acceptors (Lipinski definition) is 2. The van der Waals surface area contributed by atoms with E-state index in [2.05, 4.69) is 22.0 Å². The number of alkyl halides is 3. The lowest BCUT2D eigenvalue weighted by Gasteiger charge is -2.20. The molecular weight excluding hydrogens is 337 g/mol. The van der Waals surface area contributed by atoms with Crippen LogP contribution in [0.5, 0.6) is 0 Å². The summed E-state index contributed by atoms with van der Waals surface area (Å²) in [6, 6.07) is 15.7. The molecule has 0 unspecified atom stereocenters. The number of pyridine rings is 1. The minimum atomic E-state index is -4.32. The van der Waals surface area contributed by atoms with Crippen molar-refractivity contribution in [3.8, 4) is 0 Å². The van der Waals surface area contributed by atoms with Crippen LogP contribution >= 0.6 is 0 Å². The lowest BCUT2D eigenvalue weighted by atomic mass is 10.0. The zero-order valence-electron chi connectivity index (χ0n) is 14.0. The lowest BCUT2D eigenvalue weighted by molar-refractivity contribution is -0.137. The van der Waals surface area contributed by atoms with Crippen LogP contribution in [0.3, 0.4) is 0 Å². The molecule has 0 atom stereocenters. The average molecular weight is 354 g/mol. The van der Waals surface area contributed by atoms with E-state index in [4.69, 9.17) is 0 Å². The monoisotopic (exact) mass is 354 g/mol. The zero-order chi connectivity index (χ0) is 18.1. The number of aromatic nitrogens is 1. The number of halogens is 3. The van der Waals surface area contributed by atoms with Crippen LogP contribution < -0.4 is 4.90 Å². The topological polar surface area (TPSA) is 16.1 Å². The first-order valence-electron chi connectivity index (χ1n) is 8.46. The van der Waals surface area contributed by atoms with Crippen LogP contribution in [0.4, 0.5) is 24.5 Å². The molecule has 0 saturated heterocycles. The summed E-state index contributed by atoms with van der Waals surface area (Å²) in [6.45, 7) is 0.883. The summed E-state index contributed by atoms with van der Waals surface area (Å²) in [5.41, 5.74) is 4.35. The van der Waals surface area contributed by atoms with Gasteiger partial charge in [-0.1, -0.05) is 36.4 Å². The summed E-state index contributed by atoms with van der Waals surface area (Å²) in [5.74, 6) is 0. The van der Waals surface area contributed by atoms with Gasteiger partial charge in [0.25, 0.3) is 0 Å². The number of anilines is 2. The molecule has 2 heterocycles. The fourth-order valence-electron chi connectivity index (χ4n) is 3.42. The molecule has 0 radical (unpaired) electrons. The first-order valence-corrected chi connectivity index (χ1v) is 8.46. The summed E-state index contributed by atoms with van der Waals surface area (Å²) in [7, 11) is 0. The largest absolute Gasteiger partial charge is 0.416 e. The Morgan fingerprint density at radius 1 is 0.923 bits per heavy atom. The molecule has 4 rings (SSSR count). The fraction of sp³-hybridized carbons (Fsp3) is 0.190. The Hall–Kier alpha value is -2.82. The molecule has 0 saturated carbocycles. The van der Waals surface area contributed by atoms with Gasteiger partial charge in [0, 0.05) is 18.4 Å². The number of nitrogens with zero attached hydrogens (tertiary/aromatic N) is 2. The molecule has 0 aliphatic carbocycles. The van der Waals surface area contributed by atoms with Crippen LogP contribution in [-0.4, -0.2) is 11.5 Å². The van der Waals surface area contributed by atoms with Crippen molar-refractivity contribution in [1.29, 1.82) is 0 Å². The van der Waals surface area contributed by atoms with E-state index in [0.29, 0.717) is 12.0 Å². The highest BCUT2D eigenvalue weighted by molar-refractivity contribution is 5.69. The highest BCUT2D eigenvalue weighted by Gasteiger charge is 2.30. The van der Waals surface area contributed by atoms with Gasteiger partial charge in [0.15, 0.2) is 0 Å². The van der Waals surface area contributed by atoms with Crippen molar-refractivity contribution in [3.05, 3.63) is 89.2 Å². The third kappa shape index (κ3) is 3.29. The Morgan fingerprint density at radius 3 is 2.62 bits per heavy atom. The van der Waals surface area contributed by atoms with Gasteiger partial charge in [0.1, 0.15) is 0 Å². The minimum Gasteiger partial charge on any atom is -0.340 e. The van der Waals surface area contributed by atoms with Gasteiger partial charge in [0.05, 0.1) is 17.4 Å². The SMILES string of the molecule is FC(F)(F)c1cccc(Cc2cncc(N3CCc4ccccc43)c2)c1. The van der Waals surface area contributed by atoms with Crippen LogP contribution in [-0.2, 0) is 19.0 Å². The van der Waals surface area contributed by atoms with Crippen molar-refractivity contribution in [1.82, 2.24) is 4.98 Å². The zero-order valence-corrected chi connectivity index (χ0v) is 14.0. The first kappa shape index (κ1) is 16.6. The van der Waals surface area contributed by atoms with Gasteiger partial charge in [-0.25, -0.2) is 0 Å². The second-order valence-electron chi connectivity index (χ2n) is 6.46. The summed E-state index contributed by atoms with van der Waals surface area (Å²) >= 11 is 0. The number of rotatable bonds is 3. The molecule has 0 fully saturated rings. The predicted molar refractivity (Wildman–Crippen MR) is 95.6 cm³/mol. The molecule has 1 aliphatic heterocycles. The van der Waals surface area contributed by atoms with Crippen LogP contribution in [0.25, 0.3) is 0 Å². The maximum atomic E-state index is 12.9. The van der Waals surface area contributed by atoms with Gasteiger partial charge in [0.2, 0.25) is 0 Å². The van der Waals surface area contributed by atoms with E-state index in [0.717, 1.165) is 30.3 Å². The van der Waals surface area contributed by atoms with E-state index >= 15 is 0 Å². The Kier molecular flexibility index (Phi) is 4.15. The maximum Gasteiger partial charge on any atom is 0.416 e. The number of para-hydroxylation sites is 1. The van der Waals surface area contributed by atoms with Gasteiger partial charge >= 0.3 is 6.18 Å². The van der Waals surface area contributed by atoms with E-state index in [-0.39, 0.29) is 0 Å². The molecule has 1 aliphatic rings. The Balaban J connectivity index is 1.60. The normalized spacial score (nSPS) is 13.7. The molecule has 0 amide bonds. The van der Waals surface area contributed by atoms with E-state index in [1.807, 2.05) is 18.2 Å². The van der Waals surface area contributed by atoms with Crippen LogP contribution in [0.15, 0.2) is 67.0 Å². The van der Waals surface area contributed by atoms with E-state index in [1.165, 1.54) is 23.4 Å². The molecule has 2 aromatic carbocycles. The maximum absolute atomic E-state index is 12.9. The van der Waals surface area contributed by atoms with E-state index in [9.17, 15) is 13.2 Å². The molecule has 1 aromatic heterocycles. The number of benzene rings is 2. The Labute approximate surface area is 149 Å². The molecule has 132 valence electrons. The van der Waals surface area contributed by atoms with E-state index < -0.39 is 11.7 Å². The molecule has 0 N–H and O–H groups in total. The first-order chi connectivity index (χ1) is 12.5. The molecule has 26 heavy (non-hydrogen) atoms. The molecule has 0 bridgehead atoms. The van der Waals surface area contributed by atoms with Crippen LogP contribution in [0, 0.1) is 0 Å². The molecule has 3 aromatic rings. The third-order valence-electron chi connectivity index (χ3n) is 4.64. The number of hydrogen-bond donors (Lipinski definition) is 0. The summed E-state index contributed by atoms with van der Waals surface area (Å²) in [5, 5.41) is 0. The van der Waals surface area contributed by atoms with Crippen molar-refractivity contribution in [2.45, 2.75) is 19.0 Å². The highest BCUT2D eigenvalue weighted by atomic mass is 19.4. The summed E-state index contributed by atoms with van der Waals surface area (Å²) in [6.07, 6.45) is 0.590. The van der Waals surface area contributed by atoms with Crippen molar-refractivity contribution >= 4 is 11.4 Å². The second-order valence-corrected chi connectivity index (χ2v) is 6.46. The molecule has 0 spiro atoms. The average Bonchev–Trinajstić information content (AvgIpc) is 3.06. The Morgan fingerprint density at radius 2 is 1.77 bits per heavy atom. The van der Waals surface area contributed by atoms with Gasteiger partial charge in [-0.3, -0.25) is 4.98 Å². The van der Waals surface area contributed by atoms with Crippen LogP contribution in [0.2, 0.25) is 0 Å². The molecule has 2 nitrogen and oxygen atoms in total. The predicted octanol–water partition coefficient (Wildman–Crippen LogP) is 5.39.